The Labute approximate surface area is 139 Å². The molecule has 0 atom stereocenters. The summed E-state index contributed by atoms with van der Waals surface area (Å²) in [5.74, 6) is 0. The SMILES string of the molecule is CN(C(=O)OC(C)(C)C)C1CCC(NCc2cccnc2)CC1. The quantitative estimate of drug-likeness (QED) is 0.924. The van der Waals surface area contributed by atoms with Gasteiger partial charge in [0, 0.05) is 38.1 Å². The number of hydrogen-bond donors (Lipinski definition) is 1. The van der Waals surface area contributed by atoms with Crippen LogP contribution in [0.5, 0.6) is 0 Å². The fourth-order valence-corrected chi connectivity index (χ4v) is 2.92. The van der Waals surface area contributed by atoms with Gasteiger partial charge in [-0.3, -0.25) is 4.98 Å². The molecule has 1 aromatic heterocycles. The van der Waals surface area contributed by atoms with Gasteiger partial charge in [-0.05, 0) is 58.1 Å². The Kier molecular flexibility index (Phi) is 5.99. The Hall–Kier alpha value is -1.62. The highest BCUT2D eigenvalue weighted by Gasteiger charge is 2.29. The number of carbonyl (C=O) groups excluding carboxylic acids is 1. The van der Waals surface area contributed by atoms with E-state index >= 15 is 0 Å². The van der Waals surface area contributed by atoms with Gasteiger partial charge in [0.05, 0.1) is 0 Å². The van der Waals surface area contributed by atoms with Gasteiger partial charge in [-0.25, -0.2) is 4.79 Å². The van der Waals surface area contributed by atoms with E-state index in [1.807, 2.05) is 40.1 Å². The van der Waals surface area contributed by atoms with E-state index in [-0.39, 0.29) is 12.1 Å². The van der Waals surface area contributed by atoms with Crippen LogP contribution in [0.4, 0.5) is 4.79 Å². The summed E-state index contributed by atoms with van der Waals surface area (Å²) < 4.78 is 5.45. The summed E-state index contributed by atoms with van der Waals surface area (Å²) in [5, 5.41) is 3.59. The Morgan fingerprint density at radius 3 is 2.61 bits per heavy atom. The topological polar surface area (TPSA) is 54.5 Å². The average Bonchev–Trinajstić information content (AvgIpc) is 2.52. The van der Waals surface area contributed by atoms with Crippen molar-refractivity contribution in [3.05, 3.63) is 30.1 Å². The van der Waals surface area contributed by atoms with Gasteiger partial charge < -0.3 is 15.0 Å². The highest BCUT2D eigenvalue weighted by molar-refractivity contribution is 5.68. The van der Waals surface area contributed by atoms with Crippen LogP contribution in [0.1, 0.15) is 52.0 Å². The normalized spacial score (nSPS) is 21.7. The largest absolute Gasteiger partial charge is 0.444 e. The molecule has 5 nitrogen and oxygen atoms in total. The van der Waals surface area contributed by atoms with E-state index in [1.165, 1.54) is 5.56 Å². The molecule has 0 aliphatic heterocycles. The van der Waals surface area contributed by atoms with Crippen LogP contribution in [0, 0.1) is 0 Å². The zero-order valence-corrected chi connectivity index (χ0v) is 14.7. The Morgan fingerprint density at radius 1 is 1.35 bits per heavy atom. The molecule has 0 spiro atoms. The number of carbonyl (C=O) groups is 1. The van der Waals surface area contributed by atoms with Crippen LogP contribution >= 0.6 is 0 Å². The van der Waals surface area contributed by atoms with E-state index in [1.54, 1.807) is 11.1 Å². The number of aromatic nitrogens is 1. The smallest absolute Gasteiger partial charge is 0.410 e. The zero-order valence-electron chi connectivity index (χ0n) is 14.7. The van der Waals surface area contributed by atoms with E-state index in [9.17, 15) is 4.79 Å². The molecule has 0 unspecified atom stereocenters. The summed E-state index contributed by atoms with van der Waals surface area (Å²) >= 11 is 0. The van der Waals surface area contributed by atoms with Gasteiger partial charge in [0.25, 0.3) is 0 Å². The lowest BCUT2D eigenvalue weighted by molar-refractivity contribution is 0.0179. The standard InChI is InChI=1S/C18H29N3O2/c1-18(2,3)23-17(22)21(4)16-9-7-15(8-10-16)20-13-14-6-5-11-19-12-14/h5-6,11-12,15-16,20H,7-10,13H2,1-4H3. The molecule has 1 saturated carbocycles. The minimum atomic E-state index is -0.437. The summed E-state index contributed by atoms with van der Waals surface area (Å²) in [6.07, 6.45) is 7.66. The summed E-state index contributed by atoms with van der Waals surface area (Å²) in [5.41, 5.74) is 0.772. The molecular formula is C18H29N3O2. The number of rotatable bonds is 4. The fourth-order valence-electron chi connectivity index (χ4n) is 2.92. The molecule has 1 heterocycles. The Bertz CT molecular complexity index is 491. The third-order valence-electron chi connectivity index (χ3n) is 4.24. The van der Waals surface area contributed by atoms with Crippen LogP contribution in [0.15, 0.2) is 24.5 Å². The minimum absolute atomic E-state index is 0.218. The summed E-state index contributed by atoms with van der Waals surface area (Å²) in [6.45, 7) is 6.55. The molecule has 128 valence electrons. The Morgan fingerprint density at radius 2 is 2.04 bits per heavy atom. The lowest BCUT2D eigenvalue weighted by Gasteiger charge is -2.35. The minimum Gasteiger partial charge on any atom is -0.444 e. The van der Waals surface area contributed by atoms with Crippen molar-refractivity contribution in [2.24, 2.45) is 0 Å². The first-order chi connectivity index (χ1) is 10.8. The van der Waals surface area contributed by atoms with Crippen molar-refractivity contribution in [3.63, 3.8) is 0 Å². The molecular weight excluding hydrogens is 290 g/mol. The molecule has 2 rings (SSSR count). The van der Waals surface area contributed by atoms with Crippen LogP contribution in [-0.4, -0.2) is 40.7 Å². The first-order valence-corrected chi connectivity index (χ1v) is 8.43. The van der Waals surface area contributed by atoms with Crippen molar-refractivity contribution in [3.8, 4) is 0 Å². The fraction of sp³-hybridized carbons (Fsp3) is 0.667. The van der Waals surface area contributed by atoms with Gasteiger partial charge in [0.15, 0.2) is 0 Å². The van der Waals surface area contributed by atoms with Crippen LogP contribution in [0.3, 0.4) is 0 Å². The second kappa shape index (κ2) is 7.77. The lowest BCUT2D eigenvalue weighted by Crippen LogP contribution is -2.44. The molecule has 0 bridgehead atoms. The van der Waals surface area contributed by atoms with E-state index in [0.717, 1.165) is 32.2 Å². The van der Waals surface area contributed by atoms with E-state index in [2.05, 4.69) is 16.4 Å². The van der Waals surface area contributed by atoms with Crippen molar-refractivity contribution in [2.45, 2.75) is 70.7 Å². The molecule has 1 fully saturated rings. The molecule has 1 aromatic rings. The van der Waals surface area contributed by atoms with E-state index in [0.29, 0.717) is 6.04 Å². The summed E-state index contributed by atoms with van der Waals surface area (Å²) in [4.78, 5) is 18.0. The first-order valence-electron chi connectivity index (χ1n) is 8.43. The third kappa shape index (κ3) is 5.82. The first kappa shape index (κ1) is 17.7. The van der Waals surface area contributed by atoms with Crippen molar-refractivity contribution in [2.75, 3.05) is 7.05 Å². The van der Waals surface area contributed by atoms with Crippen LogP contribution in [-0.2, 0) is 11.3 Å². The molecule has 1 amide bonds. The van der Waals surface area contributed by atoms with Crippen LogP contribution < -0.4 is 5.32 Å². The number of amides is 1. The van der Waals surface area contributed by atoms with Gasteiger partial charge in [-0.1, -0.05) is 6.07 Å². The second-order valence-corrected chi connectivity index (χ2v) is 7.34. The lowest BCUT2D eigenvalue weighted by atomic mass is 9.90. The maximum atomic E-state index is 12.1. The Balaban J connectivity index is 1.74. The number of pyridine rings is 1. The third-order valence-corrected chi connectivity index (χ3v) is 4.24. The van der Waals surface area contributed by atoms with Gasteiger partial charge >= 0.3 is 6.09 Å². The molecule has 0 saturated heterocycles. The predicted octanol–water partition coefficient (Wildman–Crippen LogP) is 3.35. The number of ether oxygens (including phenoxy) is 1. The van der Waals surface area contributed by atoms with Crippen LogP contribution in [0.2, 0.25) is 0 Å². The van der Waals surface area contributed by atoms with E-state index < -0.39 is 5.60 Å². The van der Waals surface area contributed by atoms with Crippen LogP contribution in [0.25, 0.3) is 0 Å². The monoisotopic (exact) mass is 319 g/mol. The zero-order chi connectivity index (χ0) is 16.9. The van der Waals surface area contributed by atoms with Gasteiger partial charge in [0.2, 0.25) is 0 Å². The maximum absolute atomic E-state index is 12.1. The molecule has 0 radical (unpaired) electrons. The van der Waals surface area contributed by atoms with Crippen molar-refractivity contribution in [1.82, 2.24) is 15.2 Å². The van der Waals surface area contributed by atoms with Crippen molar-refractivity contribution in [1.29, 1.82) is 0 Å². The molecule has 1 N–H and O–H groups in total. The van der Waals surface area contributed by atoms with Gasteiger partial charge in [0.1, 0.15) is 5.60 Å². The number of nitrogens with zero attached hydrogens (tertiary/aromatic N) is 2. The molecule has 1 aliphatic carbocycles. The predicted molar refractivity (Wildman–Crippen MR) is 91.1 cm³/mol. The number of hydrogen-bond acceptors (Lipinski definition) is 4. The highest BCUT2D eigenvalue weighted by atomic mass is 16.6. The molecule has 5 heteroatoms. The average molecular weight is 319 g/mol. The number of nitrogens with one attached hydrogen (secondary N) is 1. The van der Waals surface area contributed by atoms with Gasteiger partial charge in [-0.2, -0.15) is 0 Å². The highest BCUT2D eigenvalue weighted by Crippen LogP contribution is 2.24. The van der Waals surface area contributed by atoms with Crippen molar-refractivity contribution >= 4 is 6.09 Å². The second-order valence-electron chi connectivity index (χ2n) is 7.34. The molecule has 1 aliphatic rings. The maximum Gasteiger partial charge on any atom is 0.410 e. The van der Waals surface area contributed by atoms with Crippen molar-refractivity contribution < 1.29 is 9.53 Å². The van der Waals surface area contributed by atoms with Gasteiger partial charge in [-0.15, -0.1) is 0 Å². The summed E-state index contributed by atoms with van der Waals surface area (Å²) in [6, 6.07) is 4.84. The molecule has 0 aromatic carbocycles. The summed E-state index contributed by atoms with van der Waals surface area (Å²) in [7, 11) is 1.85. The van der Waals surface area contributed by atoms with E-state index in [4.69, 9.17) is 4.74 Å². The molecule has 23 heavy (non-hydrogen) atoms.